The van der Waals surface area contributed by atoms with E-state index in [1.807, 2.05) is 37.3 Å². The third-order valence-corrected chi connectivity index (χ3v) is 6.69. The normalized spacial score (nSPS) is 14.2. The molecule has 0 saturated heterocycles. The maximum Gasteiger partial charge on any atom is 0.232 e. The third kappa shape index (κ3) is 4.07. The van der Waals surface area contributed by atoms with E-state index in [9.17, 15) is 13.2 Å². The van der Waals surface area contributed by atoms with Gasteiger partial charge < -0.3 is 0 Å². The third-order valence-electron chi connectivity index (χ3n) is 4.33. The van der Waals surface area contributed by atoms with E-state index in [4.69, 9.17) is 0 Å². The van der Waals surface area contributed by atoms with Crippen LogP contribution in [0.1, 0.15) is 27.9 Å². The number of nitrogens with zero attached hydrogens (tertiary/aromatic N) is 1. The second kappa shape index (κ2) is 7.22. The van der Waals surface area contributed by atoms with Crippen molar-refractivity contribution in [1.29, 1.82) is 0 Å². The number of hydrogen-bond donors (Lipinski definition) is 0. The largest absolute Gasteiger partial charge is 0.293 e. The van der Waals surface area contributed by atoms with Gasteiger partial charge >= 0.3 is 0 Å². The summed E-state index contributed by atoms with van der Waals surface area (Å²) in [6, 6.07) is 13.4. The molecule has 6 heteroatoms. The van der Waals surface area contributed by atoms with E-state index in [0.717, 1.165) is 28.9 Å². The summed E-state index contributed by atoms with van der Waals surface area (Å²) in [6.45, 7) is 2.54. The molecule has 0 bridgehead atoms. The number of benzene rings is 2. The first kappa shape index (κ1) is 18.0. The average Bonchev–Trinajstić information content (AvgIpc) is 2.59. The maximum absolute atomic E-state index is 12.5. The van der Waals surface area contributed by atoms with Gasteiger partial charge in [0.05, 0.1) is 17.7 Å². The molecule has 1 heterocycles. The van der Waals surface area contributed by atoms with Crippen molar-refractivity contribution >= 4 is 33.3 Å². The lowest BCUT2D eigenvalue weighted by Crippen LogP contribution is -2.34. The van der Waals surface area contributed by atoms with Gasteiger partial charge in [-0.25, -0.2) is 8.42 Å². The predicted molar refractivity (Wildman–Crippen MR) is 103 cm³/mol. The maximum atomic E-state index is 12.5. The lowest BCUT2D eigenvalue weighted by atomic mass is 9.99. The zero-order valence-electron chi connectivity index (χ0n) is 14.4. The van der Waals surface area contributed by atoms with Crippen LogP contribution in [0.5, 0.6) is 0 Å². The van der Waals surface area contributed by atoms with E-state index in [-0.39, 0.29) is 5.78 Å². The predicted octanol–water partition coefficient (Wildman–Crippen LogP) is 3.68. The number of ketones is 1. The van der Waals surface area contributed by atoms with Gasteiger partial charge in [0.2, 0.25) is 10.0 Å². The number of anilines is 1. The summed E-state index contributed by atoms with van der Waals surface area (Å²) in [5, 5.41) is 0. The van der Waals surface area contributed by atoms with Crippen LogP contribution < -0.4 is 4.31 Å². The molecule has 1 aliphatic heterocycles. The van der Waals surface area contributed by atoms with Gasteiger partial charge in [-0.3, -0.25) is 9.10 Å². The monoisotopic (exact) mass is 375 g/mol. The minimum atomic E-state index is -3.28. The molecular weight excluding hydrogens is 354 g/mol. The summed E-state index contributed by atoms with van der Waals surface area (Å²) < 4.78 is 25.3. The molecule has 4 nitrogen and oxygen atoms in total. The molecule has 0 saturated carbocycles. The van der Waals surface area contributed by atoms with Crippen LogP contribution in [-0.2, 0) is 16.4 Å². The average molecular weight is 376 g/mol. The molecule has 25 heavy (non-hydrogen) atoms. The number of carbonyl (C=O) groups excluding carboxylic acids is 1. The molecule has 132 valence electrons. The van der Waals surface area contributed by atoms with Gasteiger partial charge in [0.15, 0.2) is 5.78 Å². The Morgan fingerprint density at radius 3 is 2.68 bits per heavy atom. The summed E-state index contributed by atoms with van der Waals surface area (Å²) in [6.07, 6.45) is 2.79. The van der Waals surface area contributed by atoms with Crippen LogP contribution in [0.2, 0.25) is 0 Å². The highest BCUT2D eigenvalue weighted by atomic mass is 32.2. The quantitative estimate of drug-likeness (QED) is 0.591. The second-order valence-electron chi connectivity index (χ2n) is 6.26. The van der Waals surface area contributed by atoms with E-state index in [0.29, 0.717) is 23.5 Å². The molecule has 0 N–H and O–H groups in total. The van der Waals surface area contributed by atoms with E-state index in [1.54, 1.807) is 12.1 Å². The topological polar surface area (TPSA) is 54.5 Å². The van der Waals surface area contributed by atoms with E-state index >= 15 is 0 Å². The van der Waals surface area contributed by atoms with Gasteiger partial charge in [0.1, 0.15) is 0 Å². The molecule has 1 aliphatic rings. The summed E-state index contributed by atoms with van der Waals surface area (Å²) in [4.78, 5) is 13.6. The molecule has 0 unspecified atom stereocenters. The van der Waals surface area contributed by atoms with Crippen molar-refractivity contribution in [2.24, 2.45) is 0 Å². The number of carbonyl (C=O) groups is 1. The fraction of sp³-hybridized carbons (Fsp3) is 0.316. The molecule has 2 aromatic rings. The first-order valence-corrected chi connectivity index (χ1v) is 11.0. The Kier molecular flexibility index (Phi) is 5.20. The first-order valence-electron chi connectivity index (χ1n) is 8.18. The number of thioether (sulfide) groups is 1. The Morgan fingerprint density at radius 1 is 1.20 bits per heavy atom. The van der Waals surface area contributed by atoms with Crippen LogP contribution >= 0.6 is 11.8 Å². The molecule has 0 radical (unpaired) electrons. The molecule has 0 spiro atoms. The Labute approximate surface area is 153 Å². The first-order chi connectivity index (χ1) is 11.9. The van der Waals surface area contributed by atoms with Crippen molar-refractivity contribution in [3.05, 3.63) is 59.2 Å². The number of aryl methyl sites for hydroxylation is 2. The molecular formula is C19H21NO3S2. The van der Waals surface area contributed by atoms with Gasteiger partial charge in [-0.2, -0.15) is 0 Å². The lowest BCUT2D eigenvalue weighted by Gasteiger charge is -2.29. The molecule has 0 aliphatic carbocycles. The van der Waals surface area contributed by atoms with E-state index < -0.39 is 10.0 Å². The van der Waals surface area contributed by atoms with Crippen LogP contribution in [-0.4, -0.2) is 32.8 Å². The fourth-order valence-corrected chi connectivity index (χ4v) is 4.95. The molecule has 0 amide bonds. The summed E-state index contributed by atoms with van der Waals surface area (Å²) >= 11 is 1.54. The van der Waals surface area contributed by atoms with Crippen molar-refractivity contribution in [3.8, 4) is 0 Å². The van der Waals surface area contributed by atoms with E-state index in [1.165, 1.54) is 22.3 Å². The number of hydrogen-bond acceptors (Lipinski definition) is 4. The molecule has 0 atom stereocenters. The Hall–Kier alpha value is -1.79. The van der Waals surface area contributed by atoms with E-state index in [2.05, 4.69) is 0 Å². The molecule has 0 aromatic heterocycles. The van der Waals surface area contributed by atoms with Gasteiger partial charge in [-0.15, -0.1) is 11.8 Å². The zero-order valence-corrected chi connectivity index (χ0v) is 16.0. The number of sulfonamides is 1. The highest BCUT2D eigenvalue weighted by molar-refractivity contribution is 8.00. The van der Waals surface area contributed by atoms with Crippen molar-refractivity contribution in [1.82, 2.24) is 0 Å². The summed E-state index contributed by atoms with van der Waals surface area (Å²) in [7, 11) is -3.28. The smallest absolute Gasteiger partial charge is 0.232 e. The molecule has 3 rings (SSSR count). The fourth-order valence-electron chi connectivity index (χ4n) is 3.03. The Balaban J connectivity index is 1.78. The molecule has 2 aromatic carbocycles. The van der Waals surface area contributed by atoms with Crippen LogP contribution in [0, 0.1) is 6.92 Å². The minimum absolute atomic E-state index is 0.0625. The summed E-state index contributed by atoms with van der Waals surface area (Å²) in [5.41, 5.74) is 3.45. The highest BCUT2D eigenvalue weighted by Gasteiger charge is 2.24. The Bertz CT molecular complexity index is 907. The number of fused-ring (bicyclic) bond motifs is 1. The zero-order chi connectivity index (χ0) is 18.0. The van der Waals surface area contributed by atoms with Gasteiger partial charge in [-0.1, -0.05) is 18.2 Å². The minimum Gasteiger partial charge on any atom is -0.293 e. The number of rotatable bonds is 5. The van der Waals surface area contributed by atoms with Crippen molar-refractivity contribution < 1.29 is 13.2 Å². The SMILES string of the molecule is Cc1ccccc1SCC(=O)c1ccc2c(c1)CCCN2S(C)(=O)=O. The van der Waals surface area contributed by atoms with Crippen molar-refractivity contribution in [2.45, 2.75) is 24.7 Å². The van der Waals surface area contributed by atoms with Crippen LogP contribution in [0.25, 0.3) is 0 Å². The standard InChI is InChI=1S/C19H21NO3S2/c1-14-6-3-4-8-19(14)24-13-18(21)16-9-10-17-15(12-16)7-5-11-20(17)25(2,22)23/h3-4,6,8-10,12H,5,7,11,13H2,1-2H3. The lowest BCUT2D eigenvalue weighted by molar-refractivity contribution is 0.102. The van der Waals surface area contributed by atoms with Crippen molar-refractivity contribution in [3.63, 3.8) is 0 Å². The summed E-state index contributed by atoms with van der Waals surface area (Å²) in [5.74, 6) is 0.437. The Morgan fingerprint density at radius 2 is 1.96 bits per heavy atom. The second-order valence-corrected chi connectivity index (χ2v) is 9.18. The van der Waals surface area contributed by atoms with Gasteiger partial charge in [0, 0.05) is 17.0 Å². The van der Waals surface area contributed by atoms with Crippen LogP contribution in [0.15, 0.2) is 47.4 Å². The van der Waals surface area contributed by atoms with Crippen LogP contribution in [0.3, 0.4) is 0 Å². The van der Waals surface area contributed by atoms with Crippen LogP contribution in [0.4, 0.5) is 5.69 Å². The van der Waals surface area contributed by atoms with Crippen molar-refractivity contribution in [2.75, 3.05) is 22.9 Å². The molecule has 0 fully saturated rings. The van der Waals surface area contributed by atoms with Gasteiger partial charge in [0.25, 0.3) is 0 Å². The number of Topliss-reactive ketones (excluding diaryl/α,β-unsaturated/α-hetero) is 1. The van der Waals surface area contributed by atoms with Gasteiger partial charge in [-0.05, 0) is 55.2 Å². The highest BCUT2D eigenvalue weighted by Crippen LogP contribution is 2.30.